The summed E-state index contributed by atoms with van der Waals surface area (Å²) in [6, 6.07) is 11.7. The van der Waals surface area contributed by atoms with Crippen molar-refractivity contribution in [3.63, 3.8) is 0 Å². The molecule has 0 aliphatic carbocycles. The predicted octanol–water partition coefficient (Wildman–Crippen LogP) is 1.92. The van der Waals surface area contributed by atoms with Gasteiger partial charge < -0.3 is 19.1 Å². The molecule has 0 spiro atoms. The molecule has 1 amide bonds. The van der Waals surface area contributed by atoms with Crippen molar-refractivity contribution in [3.05, 3.63) is 48.0 Å². The highest BCUT2D eigenvalue weighted by molar-refractivity contribution is 7.92. The second-order valence-electron chi connectivity index (χ2n) is 8.22. The molecule has 0 radical (unpaired) electrons. The first-order valence-corrected chi connectivity index (χ1v) is 12.6. The molecule has 1 fully saturated rings. The summed E-state index contributed by atoms with van der Waals surface area (Å²) in [5, 5.41) is 0. The van der Waals surface area contributed by atoms with Crippen LogP contribution < -0.4 is 18.5 Å². The fourth-order valence-corrected chi connectivity index (χ4v) is 5.39. The number of amides is 1. The van der Waals surface area contributed by atoms with Gasteiger partial charge in [0.05, 0.1) is 19.1 Å². The highest BCUT2D eigenvalue weighted by atomic mass is 32.2. The van der Waals surface area contributed by atoms with E-state index in [1.54, 1.807) is 43.2 Å². The van der Waals surface area contributed by atoms with E-state index in [4.69, 9.17) is 14.2 Å². The van der Waals surface area contributed by atoms with Crippen molar-refractivity contribution >= 4 is 21.6 Å². The van der Waals surface area contributed by atoms with Gasteiger partial charge in [0.2, 0.25) is 22.7 Å². The number of hydrogen-bond acceptors (Lipinski definition) is 7. The molecule has 0 aromatic heterocycles. The number of fused-ring (bicyclic) bond motifs is 1. The van der Waals surface area contributed by atoms with E-state index in [1.807, 2.05) is 18.2 Å². The zero-order valence-electron chi connectivity index (χ0n) is 19.1. The first-order chi connectivity index (χ1) is 15.8. The van der Waals surface area contributed by atoms with Gasteiger partial charge in [0.25, 0.3) is 0 Å². The number of piperazine rings is 1. The molecule has 10 heteroatoms. The topological polar surface area (TPSA) is 88.6 Å². The van der Waals surface area contributed by atoms with Crippen molar-refractivity contribution in [3.8, 4) is 17.2 Å². The molecule has 1 saturated heterocycles. The number of anilines is 1. The Kier molecular flexibility index (Phi) is 6.66. The summed E-state index contributed by atoms with van der Waals surface area (Å²) >= 11 is 0. The van der Waals surface area contributed by atoms with Gasteiger partial charge in [0.15, 0.2) is 11.5 Å². The van der Waals surface area contributed by atoms with Gasteiger partial charge in [0.1, 0.15) is 11.8 Å². The fourth-order valence-electron chi connectivity index (χ4n) is 4.22. The minimum Gasteiger partial charge on any atom is -0.497 e. The SMILES string of the molecule is COc1ccc(N(C(C)C(=O)N2CCN(Cc3ccc4c(c3)OCO4)CC2)S(C)(=O)=O)cc1. The fraction of sp³-hybridized carbons (Fsp3) is 0.435. The number of carbonyl (C=O) groups excluding carboxylic acids is 1. The van der Waals surface area contributed by atoms with Crippen molar-refractivity contribution in [2.45, 2.75) is 19.5 Å². The van der Waals surface area contributed by atoms with Crippen LogP contribution in [0.3, 0.4) is 0 Å². The lowest BCUT2D eigenvalue weighted by atomic mass is 10.1. The molecule has 33 heavy (non-hydrogen) atoms. The maximum Gasteiger partial charge on any atom is 0.246 e. The van der Waals surface area contributed by atoms with Crippen LogP contribution in [0.2, 0.25) is 0 Å². The number of methoxy groups -OCH3 is 1. The molecule has 0 bridgehead atoms. The third-order valence-corrected chi connectivity index (χ3v) is 7.16. The zero-order chi connectivity index (χ0) is 23.6. The monoisotopic (exact) mass is 475 g/mol. The lowest BCUT2D eigenvalue weighted by Crippen LogP contribution is -2.55. The molecule has 2 aliphatic heterocycles. The Hall–Kier alpha value is -2.98. The Morgan fingerprint density at radius 2 is 1.73 bits per heavy atom. The van der Waals surface area contributed by atoms with Gasteiger partial charge in [0, 0.05) is 32.7 Å². The summed E-state index contributed by atoms with van der Waals surface area (Å²) in [6.45, 7) is 5.10. The molecular formula is C23H29N3O6S. The summed E-state index contributed by atoms with van der Waals surface area (Å²) in [7, 11) is -2.12. The summed E-state index contributed by atoms with van der Waals surface area (Å²) < 4.78 is 42.2. The second-order valence-corrected chi connectivity index (χ2v) is 10.1. The maximum absolute atomic E-state index is 13.2. The molecular weight excluding hydrogens is 446 g/mol. The number of benzene rings is 2. The molecule has 2 aromatic rings. The van der Waals surface area contributed by atoms with Crippen LogP contribution in [0.5, 0.6) is 17.2 Å². The lowest BCUT2D eigenvalue weighted by molar-refractivity contribution is -0.133. The van der Waals surface area contributed by atoms with Crippen LogP contribution >= 0.6 is 0 Å². The largest absolute Gasteiger partial charge is 0.497 e. The third-order valence-electron chi connectivity index (χ3n) is 5.92. The summed E-state index contributed by atoms with van der Waals surface area (Å²) in [4.78, 5) is 17.2. The third kappa shape index (κ3) is 5.17. The molecule has 2 heterocycles. The number of sulfonamides is 1. The van der Waals surface area contributed by atoms with E-state index in [9.17, 15) is 13.2 Å². The smallest absolute Gasteiger partial charge is 0.246 e. The van der Waals surface area contributed by atoms with Crippen LogP contribution in [0.4, 0.5) is 5.69 Å². The Morgan fingerprint density at radius 1 is 1.06 bits per heavy atom. The lowest BCUT2D eigenvalue weighted by Gasteiger charge is -2.38. The quantitative estimate of drug-likeness (QED) is 0.605. The number of rotatable bonds is 7. The predicted molar refractivity (Wildman–Crippen MR) is 124 cm³/mol. The van der Waals surface area contributed by atoms with Gasteiger partial charge in [-0.1, -0.05) is 6.07 Å². The van der Waals surface area contributed by atoms with Gasteiger partial charge in [-0.25, -0.2) is 8.42 Å². The minimum atomic E-state index is -3.66. The Bertz CT molecular complexity index is 1100. The first-order valence-electron chi connectivity index (χ1n) is 10.8. The number of nitrogens with zero attached hydrogens (tertiary/aromatic N) is 3. The average molecular weight is 476 g/mol. The van der Waals surface area contributed by atoms with Crippen LogP contribution in [0, 0.1) is 0 Å². The summed E-state index contributed by atoms with van der Waals surface area (Å²) in [5.41, 5.74) is 1.55. The van der Waals surface area contributed by atoms with Crippen molar-refractivity contribution in [2.24, 2.45) is 0 Å². The zero-order valence-corrected chi connectivity index (χ0v) is 19.9. The van der Waals surface area contributed by atoms with Gasteiger partial charge in [-0.3, -0.25) is 14.0 Å². The van der Waals surface area contributed by atoms with Crippen molar-refractivity contribution in [2.75, 3.05) is 50.6 Å². The summed E-state index contributed by atoms with van der Waals surface area (Å²) in [5.74, 6) is 1.92. The van der Waals surface area contributed by atoms with Crippen LogP contribution in [-0.4, -0.2) is 76.5 Å². The van der Waals surface area contributed by atoms with Crippen LogP contribution in [-0.2, 0) is 21.4 Å². The van der Waals surface area contributed by atoms with E-state index in [-0.39, 0.29) is 12.7 Å². The molecule has 0 N–H and O–H groups in total. The van der Waals surface area contributed by atoms with Gasteiger partial charge in [-0.15, -0.1) is 0 Å². The highest BCUT2D eigenvalue weighted by Gasteiger charge is 2.33. The molecule has 4 rings (SSSR count). The molecule has 2 aromatic carbocycles. The molecule has 0 saturated carbocycles. The van der Waals surface area contributed by atoms with Gasteiger partial charge in [-0.05, 0) is 48.9 Å². The molecule has 178 valence electrons. The van der Waals surface area contributed by atoms with Gasteiger partial charge >= 0.3 is 0 Å². The molecule has 1 atom stereocenters. The van der Waals surface area contributed by atoms with E-state index < -0.39 is 16.1 Å². The first kappa shape index (κ1) is 23.2. The molecule has 1 unspecified atom stereocenters. The van der Waals surface area contributed by atoms with Crippen LogP contribution in [0.25, 0.3) is 0 Å². The Morgan fingerprint density at radius 3 is 2.36 bits per heavy atom. The van der Waals surface area contributed by atoms with Crippen molar-refractivity contribution < 1.29 is 27.4 Å². The number of hydrogen-bond donors (Lipinski definition) is 0. The maximum atomic E-state index is 13.2. The Balaban J connectivity index is 1.39. The molecule has 9 nitrogen and oxygen atoms in total. The number of carbonyl (C=O) groups is 1. The minimum absolute atomic E-state index is 0.209. The van der Waals surface area contributed by atoms with Crippen LogP contribution in [0.15, 0.2) is 42.5 Å². The van der Waals surface area contributed by atoms with Crippen LogP contribution in [0.1, 0.15) is 12.5 Å². The van der Waals surface area contributed by atoms with E-state index in [0.29, 0.717) is 37.6 Å². The van der Waals surface area contributed by atoms with E-state index >= 15 is 0 Å². The standard InChI is InChI=1S/C23H29N3O6S/c1-17(26(33(3,28)29)19-5-7-20(30-2)8-6-19)23(27)25-12-10-24(11-13-25)15-18-4-9-21-22(14-18)32-16-31-21/h4-9,14,17H,10-13,15-16H2,1-3H3. The highest BCUT2D eigenvalue weighted by Crippen LogP contribution is 2.33. The van der Waals surface area contributed by atoms with Gasteiger partial charge in [-0.2, -0.15) is 0 Å². The number of ether oxygens (including phenoxy) is 3. The van der Waals surface area contributed by atoms with Crippen molar-refractivity contribution in [1.82, 2.24) is 9.80 Å². The molecule has 2 aliphatic rings. The van der Waals surface area contributed by atoms with E-state index in [0.717, 1.165) is 29.9 Å². The van der Waals surface area contributed by atoms with E-state index in [2.05, 4.69) is 4.90 Å². The average Bonchev–Trinajstić information content (AvgIpc) is 3.27. The second kappa shape index (κ2) is 9.48. The Labute approximate surface area is 194 Å². The van der Waals surface area contributed by atoms with Crippen molar-refractivity contribution in [1.29, 1.82) is 0 Å². The normalized spacial score (nSPS) is 17.0. The van der Waals surface area contributed by atoms with E-state index in [1.165, 1.54) is 4.31 Å². The summed E-state index contributed by atoms with van der Waals surface area (Å²) in [6.07, 6.45) is 1.12.